The summed E-state index contributed by atoms with van der Waals surface area (Å²) in [6, 6.07) is 19.8. The fourth-order valence-corrected chi connectivity index (χ4v) is 2.86. The molecular weight excluding hydrogens is 284 g/mol. The number of aryl methyl sites for hydroxylation is 1. The van der Waals surface area contributed by atoms with E-state index in [1.54, 1.807) is 0 Å². The first kappa shape index (κ1) is 15.2. The van der Waals surface area contributed by atoms with Crippen LogP contribution in [0.25, 0.3) is 33.1 Å². The van der Waals surface area contributed by atoms with E-state index in [2.05, 4.69) is 0 Å². The Labute approximate surface area is 136 Å². The number of phenols is 1. The van der Waals surface area contributed by atoms with Gasteiger partial charge in [-0.2, -0.15) is 0 Å². The van der Waals surface area contributed by atoms with Gasteiger partial charge in [-0.25, -0.2) is 0 Å². The normalized spacial score (nSPS) is 10.6. The molecule has 0 atom stereocenters. The molecule has 116 valence electrons. The Balaban J connectivity index is 0.000000753. The van der Waals surface area contributed by atoms with Crippen molar-refractivity contribution >= 4 is 21.9 Å². The Morgan fingerprint density at radius 2 is 1.48 bits per heavy atom. The maximum atomic E-state index is 10.5. The van der Waals surface area contributed by atoms with Gasteiger partial charge >= 0.3 is 0 Å². The fraction of sp³-hybridized carbons (Fsp3) is 0.143. The molecule has 1 aromatic heterocycles. The second kappa shape index (κ2) is 6.17. The van der Waals surface area contributed by atoms with Gasteiger partial charge in [0.2, 0.25) is 0 Å². The summed E-state index contributed by atoms with van der Waals surface area (Å²) in [7, 11) is 0. The predicted molar refractivity (Wildman–Crippen MR) is 96.9 cm³/mol. The average molecular weight is 304 g/mol. The SMILES string of the molecule is CC.Cc1cc2c(oc3ccccc32)c(-c2ccccc2)c1O. The topological polar surface area (TPSA) is 33.4 Å². The second-order valence-electron chi connectivity index (χ2n) is 5.26. The summed E-state index contributed by atoms with van der Waals surface area (Å²) < 4.78 is 6.01. The van der Waals surface area contributed by atoms with E-state index in [4.69, 9.17) is 4.42 Å². The van der Waals surface area contributed by atoms with E-state index in [1.807, 2.05) is 81.4 Å². The van der Waals surface area contributed by atoms with E-state index in [-0.39, 0.29) is 5.75 Å². The van der Waals surface area contributed by atoms with Gasteiger partial charge in [-0.1, -0.05) is 62.4 Å². The van der Waals surface area contributed by atoms with Crippen LogP contribution in [0, 0.1) is 6.92 Å². The van der Waals surface area contributed by atoms with Crippen molar-refractivity contribution in [3.63, 3.8) is 0 Å². The van der Waals surface area contributed by atoms with Gasteiger partial charge in [0.15, 0.2) is 0 Å². The molecule has 0 unspecified atom stereocenters. The zero-order chi connectivity index (χ0) is 16.4. The van der Waals surface area contributed by atoms with Crippen LogP contribution in [-0.2, 0) is 0 Å². The van der Waals surface area contributed by atoms with Gasteiger partial charge in [0, 0.05) is 10.8 Å². The molecule has 2 nitrogen and oxygen atoms in total. The Hall–Kier alpha value is -2.74. The number of hydrogen-bond acceptors (Lipinski definition) is 2. The van der Waals surface area contributed by atoms with Crippen LogP contribution < -0.4 is 0 Å². The lowest BCUT2D eigenvalue weighted by molar-refractivity contribution is 0.473. The number of benzene rings is 3. The van der Waals surface area contributed by atoms with Crippen molar-refractivity contribution < 1.29 is 9.52 Å². The van der Waals surface area contributed by atoms with Crippen LogP contribution in [0.5, 0.6) is 5.75 Å². The Bertz CT molecular complexity index is 950. The van der Waals surface area contributed by atoms with Crippen molar-refractivity contribution in [3.05, 3.63) is 66.2 Å². The molecular formula is C21H20O2. The molecule has 0 aliphatic carbocycles. The number of para-hydroxylation sites is 1. The van der Waals surface area contributed by atoms with Gasteiger partial charge in [-0.3, -0.25) is 0 Å². The van der Waals surface area contributed by atoms with Gasteiger partial charge in [0.05, 0.1) is 5.56 Å². The van der Waals surface area contributed by atoms with Gasteiger partial charge in [-0.05, 0) is 30.2 Å². The number of aromatic hydroxyl groups is 1. The number of furan rings is 1. The van der Waals surface area contributed by atoms with Crippen LogP contribution in [-0.4, -0.2) is 5.11 Å². The molecule has 0 radical (unpaired) electrons. The van der Waals surface area contributed by atoms with Crippen LogP contribution in [0.2, 0.25) is 0 Å². The number of phenolic OH excluding ortho intramolecular Hbond substituents is 1. The van der Waals surface area contributed by atoms with E-state index in [1.165, 1.54) is 0 Å². The van der Waals surface area contributed by atoms with Crippen LogP contribution in [0.4, 0.5) is 0 Å². The molecule has 0 amide bonds. The quantitative estimate of drug-likeness (QED) is 0.448. The Kier molecular flexibility index (Phi) is 4.07. The third-order valence-corrected chi connectivity index (χ3v) is 3.89. The van der Waals surface area contributed by atoms with E-state index < -0.39 is 0 Å². The highest BCUT2D eigenvalue weighted by Gasteiger charge is 2.17. The lowest BCUT2D eigenvalue weighted by Crippen LogP contribution is -1.84. The molecule has 0 fully saturated rings. The Morgan fingerprint density at radius 1 is 0.826 bits per heavy atom. The molecule has 4 rings (SSSR count). The lowest BCUT2D eigenvalue weighted by atomic mass is 9.98. The summed E-state index contributed by atoms with van der Waals surface area (Å²) in [6.45, 7) is 5.92. The van der Waals surface area contributed by atoms with Gasteiger partial charge in [0.1, 0.15) is 16.9 Å². The van der Waals surface area contributed by atoms with Gasteiger partial charge in [0.25, 0.3) is 0 Å². The minimum absolute atomic E-state index is 0.285. The molecule has 2 heteroatoms. The van der Waals surface area contributed by atoms with Crippen molar-refractivity contribution in [3.8, 4) is 16.9 Å². The average Bonchev–Trinajstić information content (AvgIpc) is 2.96. The first-order chi connectivity index (χ1) is 11.3. The maximum Gasteiger partial charge on any atom is 0.146 e. The van der Waals surface area contributed by atoms with E-state index in [9.17, 15) is 5.11 Å². The summed E-state index contributed by atoms with van der Waals surface area (Å²) in [5, 5.41) is 12.6. The standard InChI is InChI=1S/C19H14O2.C2H6/c1-12-11-15-14-9-5-6-10-16(14)21-19(15)17(18(12)20)13-7-3-2-4-8-13;1-2/h2-11,20H,1H3;1-2H3. The molecule has 1 N–H and O–H groups in total. The largest absolute Gasteiger partial charge is 0.507 e. The molecule has 0 saturated heterocycles. The molecule has 0 bridgehead atoms. The second-order valence-corrected chi connectivity index (χ2v) is 5.26. The van der Waals surface area contributed by atoms with E-state index in [0.29, 0.717) is 0 Å². The molecule has 4 aromatic rings. The fourth-order valence-electron chi connectivity index (χ4n) is 2.86. The van der Waals surface area contributed by atoms with Gasteiger partial charge < -0.3 is 9.52 Å². The van der Waals surface area contributed by atoms with Crippen LogP contribution >= 0.6 is 0 Å². The Morgan fingerprint density at radius 3 is 2.22 bits per heavy atom. The third kappa shape index (κ3) is 2.46. The first-order valence-corrected chi connectivity index (χ1v) is 7.95. The van der Waals surface area contributed by atoms with Crippen molar-refractivity contribution in [1.82, 2.24) is 0 Å². The van der Waals surface area contributed by atoms with Crippen molar-refractivity contribution in [1.29, 1.82) is 0 Å². The number of hydrogen-bond donors (Lipinski definition) is 1. The van der Waals surface area contributed by atoms with Crippen molar-refractivity contribution in [2.24, 2.45) is 0 Å². The summed E-state index contributed by atoms with van der Waals surface area (Å²) in [6.07, 6.45) is 0. The summed E-state index contributed by atoms with van der Waals surface area (Å²) in [5.74, 6) is 0.285. The highest BCUT2D eigenvalue weighted by Crippen LogP contribution is 2.42. The van der Waals surface area contributed by atoms with Gasteiger partial charge in [-0.15, -0.1) is 0 Å². The number of rotatable bonds is 1. The highest BCUT2D eigenvalue weighted by molar-refractivity contribution is 6.11. The van der Waals surface area contributed by atoms with Crippen LogP contribution in [0.3, 0.4) is 0 Å². The first-order valence-electron chi connectivity index (χ1n) is 7.95. The molecule has 0 saturated carbocycles. The zero-order valence-electron chi connectivity index (χ0n) is 13.6. The summed E-state index contributed by atoms with van der Waals surface area (Å²) in [4.78, 5) is 0. The molecule has 0 aliphatic rings. The molecule has 0 spiro atoms. The molecule has 1 heterocycles. The molecule has 0 aliphatic heterocycles. The minimum atomic E-state index is 0.285. The summed E-state index contributed by atoms with van der Waals surface area (Å²) >= 11 is 0. The monoisotopic (exact) mass is 304 g/mol. The third-order valence-electron chi connectivity index (χ3n) is 3.89. The van der Waals surface area contributed by atoms with E-state index in [0.717, 1.165) is 38.6 Å². The molecule has 23 heavy (non-hydrogen) atoms. The zero-order valence-corrected chi connectivity index (χ0v) is 13.6. The van der Waals surface area contributed by atoms with E-state index >= 15 is 0 Å². The highest BCUT2D eigenvalue weighted by atomic mass is 16.3. The minimum Gasteiger partial charge on any atom is -0.507 e. The van der Waals surface area contributed by atoms with Crippen molar-refractivity contribution in [2.75, 3.05) is 0 Å². The molecule has 3 aromatic carbocycles. The maximum absolute atomic E-state index is 10.5. The lowest BCUT2D eigenvalue weighted by Gasteiger charge is -2.08. The van der Waals surface area contributed by atoms with Crippen LogP contribution in [0.15, 0.2) is 65.1 Å². The summed E-state index contributed by atoms with van der Waals surface area (Å²) in [5.41, 5.74) is 4.16. The number of fused-ring (bicyclic) bond motifs is 3. The van der Waals surface area contributed by atoms with Crippen LogP contribution in [0.1, 0.15) is 19.4 Å². The predicted octanol–water partition coefficient (Wildman–Crippen LogP) is 6.29. The smallest absolute Gasteiger partial charge is 0.146 e. The van der Waals surface area contributed by atoms with Crippen molar-refractivity contribution in [2.45, 2.75) is 20.8 Å².